The van der Waals surface area contributed by atoms with Gasteiger partial charge in [0.05, 0.1) is 5.56 Å². The molecule has 0 aliphatic carbocycles. The molecule has 7 nitrogen and oxygen atoms in total. The van der Waals surface area contributed by atoms with Crippen molar-refractivity contribution >= 4 is 22.9 Å². The molecule has 2 atom stereocenters. The fourth-order valence-corrected chi connectivity index (χ4v) is 3.38. The number of hydrogen-bond acceptors (Lipinski definition) is 7. The van der Waals surface area contributed by atoms with Gasteiger partial charge in [-0.2, -0.15) is 0 Å². The highest BCUT2D eigenvalue weighted by atomic mass is 16.6. The molecule has 28 heavy (non-hydrogen) atoms. The molecule has 0 unspecified atom stereocenters. The zero-order chi connectivity index (χ0) is 20.6. The molecule has 0 spiro atoms. The molecular weight excluding hydrogens is 364 g/mol. The first kappa shape index (κ1) is 19.9. The zero-order valence-corrected chi connectivity index (χ0v) is 16.6. The Morgan fingerprint density at radius 1 is 1.14 bits per heavy atom. The lowest BCUT2D eigenvalue weighted by molar-refractivity contribution is -0.189. The Morgan fingerprint density at radius 2 is 1.82 bits per heavy atom. The summed E-state index contributed by atoms with van der Waals surface area (Å²) in [6.45, 7) is 8.60. The molecule has 0 saturated heterocycles. The second kappa shape index (κ2) is 7.30. The maximum absolute atomic E-state index is 12.4. The van der Waals surface area contributed by atoms with Gasteiger partial charge in [-0.15, -0.1) is 0 Å². The Balaban J connectivity index is 2.16. The molecule has 0 saturated carbocycles. The van der Waals surface area contributed by atoms with Crippen molar-refractivity contribution in [1.29, 1.82) is 0 Å². The summed E-state index contributed by atoms with van der Waals surface area (Å²) < 4.78 is 22.7. The summed E-state index contributed by atoms with van der Waals surface area (Å²) in [6, 6.07) is 6.40. The van der Waals surface area contributed by atoms with Crippen LogP contribution >= 0.6 is 0 Å². The molecule has 2 heterocycles. The van der Waals surface area contributed by atoms with Crippen LogP contribution in [0, 0.1) is 5.92 Å². The van der Waals surface area contributed by atoms with E-state index in [1.165, 1.54) is 13.0 Å². The first-order valence-corrected chi connectivity index (χ1v) is 9.21. The van der Waals surface area contributed by atoms with E-state index in [1.807, 2.05) is 13.8 Å². The second-order valence-electron chi connectivity index (χ2n) is 7.89. The molecule has 7 heteroatoms. The molecule has 0 bridgehead atoms. The minimum Gasteiger partial charge on any atom is -0.483 e. The van der Waals surface area contributed by atoms with Gasteiger partial charge in [0.1, 0.15) is 16.9 Å². The summed E-state index contributed by atoms with van der Waals surface area (Å²) >= 11 is 0. The lowest BCUT2D eigenvalue weighted by Gasteiger charge is -2.43. The van der Waals surface area contributed by atoms with Crippen molar-refractivity contribution in [1.82, 2.24) is 0 Å². The van der Waals surface area contributed by atoms with Crippen LogP contribution in [0.2, 0.25) is 0 Å². The number of hydrogen-bond donors (Lipinski definition) is 0. The van der Waals surface area contributed by atoms with Crippen molar-refractivity contribution in [2.24, 2.45) is 5.92 Å². The van der Waals surface area contributed by atoms with Gasteiger partial charge >= 0.3 is 17.6 Å². The van der Waals surface area contributed by atoms with Crippen molar-refractivity contribution in [2.45, 2.75) is 58.8 Å². The van der Waals surface area contributed by atoms with E-state index in [0.29, 0.717) is 16.7 Å². The highest BCUT2D eigenvalue weighted by Crippen LogP contribution is 2.46. The maximum Gasteiger partial charge on any atom is 0.336 e. The third-order valence-corrected chi connectivity index (χ3v) is 4.53. The largest absolute Gasteiger partial charge is 0.483 e. The van der Waals surface area contributed by atoms with Gasteiger partial charge in [-0.05, 0) is 38.0 Å². The summed E-state index contributed by atoms with van der Waals surface area (Å²) in [6.07, 6.45) is -1.66. The predicted molar refractivity (Wildman–Crippen MR) is 101 cm³/mol. The first-order valence-electron chi connectivity index (χ1n) is 9.21. The van der Waals surface area contributed by atoms with Crippen LogP contribution in [0.3, 0.4) is 0 Å². The van der Waals surface area contributed by atoms with Gasteiger partial charge in [0.15, 0.2) is 12.2 Å². The van der Waals surface area contributed by atoms with Crippen molar-refractivity contribution in [3.8, 4) is 5.75 Å². The average molecular weight is 388 g/mol. The SMILES string of the molecule is CC(=O)O[C@@H]1c2c(ccc3ccc(=O)oc23)OC(C)(C)[C@H]1OC(=O)CC(C)C. The minimum absolute atomic E-state index is 0.110. The first-order chi connectivity index (χ1) is 13.1. The Kier molecular flexibility index (Phi) is 5.19. The van der Waals surface area contributed by atoms with Crippen molar-refractivity contribution < 1.29 is 28.2 Å². The minimum atomic E-state index is -0.971. The van der Waals surface area contributed by atoms with Gasteiger partial charge in [0.25, 0.3) is 0 Å². The van der Waals surface area contributed by atoms with E-state index in [-0.39, 0.29) is 17.9 Å². The van der Waals surface area contributed by atoms with Crippen LogP contribution in [-0.4, -0.2) is 23.6 Å². The van der Waals surface area contributed by atoms with Gasteiger partial charge in [0, 0.05) is 24.8 Å². The van der Waals surface area contributed by atoms with Gasteiger partial charge in [0.2, 0.25) is 0 Å². The van der Waals surface area contributed by atoms with Crippen molar-refractivity contribution in [2.75, 3.05) is 0 Å². The summed E-state index contributed by atoms with van der Waals surface area (Å²) in [5.74, 6) is -0.444. The molecule has 1 aliphatic heterocycles. The molecule has 0 radical (unpaired) electrons. The normalized spacial score (nSPS) is 20.4. The van der Waals surface area contributed by atoms with Crippen molar-refractivity contribution in [3.05, 3.63) is 40.2 Å². The van der Waals surface area contributed by atoms with Gasteiger partial charge in [-0.1, -0.05) is 13.8 Å². The van der Waals surface area contributed by atoms with Crippen molar-refractivity contribution in [3.63, 3.8) is 0 Å². The molecular formula is C21H24O7. The molecule has 0 N–H and O–H groups in total. The molecule has 1 aliphatic rings. The van der Waals surface area contributed by atoms with Crippen LogP contribution in [0.25, 0.3) is 11.0 Å². The average Bonchev–Trinajstić information content (AvgIpc) is 2.56. The molecule has 0 amide bonds. The highest BCUT2D eigenvalue weighted by molar-refractivity contribution is 5.83. The monoisotopic (exact) mass is 388 g/mol. The number of rotatable bonds is 4. The topological polar surface area (TPSA) is 92.0 Å². The van der Waals surface area contributed by atoms with Crippen LogP contribution in [-0.2, 0) is 19.1 Å². The number of carbonyl (C=O) groups excluding carboxylic acids is 2. The van der Waals surface area contributed by atoms with E-state index in [0.717, 1.165) is 0 Å². The van der Waals surface area contributed by atoms with E-state index in [2.05, 4.69) is 0 Å². The Bertz CT molecular complexity index is 970. The number of esters is 2. The van der Waals surface area contributed by atoms with Crippen LogP contribution in [0.15, 0.2) is 33.5 Å². The molecule has 1 aromatic heterocycles. The van der Waals surface area contributed by atoms with E-state index in [4.69, 9.17) is 18.6 Å². The van der Waals surface area contributed by atoms with Crippen LogP contribution in [0.5, 0.6) is 5.75 Å². The molecule has 0 fully saturated rings. The Labute approximate surface area is 162 Å². The molecule has 1 aromatic carbocycles. The third kappa shape index (κ3) is 3.88. The maximum atomic E-state index is 12.4. The standard InChI is InChI=1S/C21H24O7/c1-11(2)10-16(24)27-20-19(25-12(3)22)17-14(28-21(20,4)5)8-6-13-7-9-15(23)26-18(13)17/h6-9,11,19-20H,10H2,1-5H3/t19-,20+/m1/s1. The number of carbonyl (C=O) groups is 2. The second-order valence-corrected chi connectivity index (χ2v) is 7.89. The Hall–Kier alpha value is -2.83. The van der Waals surface area contributed by atoms with Gasteiger partial charge < -0.3 is 18.6 Å². The number of ether oxygens (including phenoxy) is 3. The summed E-state index contributed by atoms with van der Waals surface area (Å²) in [5.41, 5.74) is -0.882. The lowest BCUT2D eigenvalue weighted by atomic mass is 9.87. The fourth-order valence-electron chi connectivity index (χ4n) is 3.38. The summed E-state index contributed by atoms with van der Waals surface area (Å²) in [4.78, 5) is 36.0. The number of benzene rings is 1. The quantitative estimate of drug-likeness (QED) is 0.584. The smallest absolute Gasteiger partial charge is 0.336 e. The Morgan fingerprint density at radius 3 is 2.46 bits per heavy atom. The van der Waals surface area contributed by atoms with Gasteiger partial charge in [-0.25, -0.2) is 4.79 Å². The third-order valence-electron chi connectivity index (χ3n) is 4.53. The van der Waals surface area contributed by atoms with Crippen LogP contribution in [0.4, 0.5) is 0 Å². The molecule has 2 aromatic rings. The van der Waals surface area contributed by atoms with E-state index >= 15 is 0 Å². The van der Waals surface area contributed by atoms with Crippen LogP contribution in [0.1, 0.15) is 52.7 Å². The fraction of sp³-hybridized carbons (Fsp3) is 0.476. The van der Waals surface area contributed by atoms with E-state index < -0.39 is 35.4 Å². The molecule has 150 valence electrons. The van der Waals surface area contributed by atoms with E-state index in [1.54, 1.807) is 32.0 Å². The predicted octanol–water partition coefficient (Wildman–Crippen LogP) is 3.53. The highest BCUT2D eigenvalue weighted by Gasteiger charge is 2.49. The van der Waals surface area contributed by atoms with Gasteiger partial charge in [-0.3, -0.25) is 9.59 Å². The summed E-state index contributed by atoms with van der Waals surface area (Å²) in [7, 11) is 0. The zero-order valence-electron chi connectivity index (χ0n) is 16.6. The van der Waals surface area contributed by atoms with Crippen LogP contribution < -0.4 is 10.4 Å². The molecule has 3 rings (SSSR count). The lowest BCUT2D eigenvalue weighted by Crippen LogP contribution is -2.52. The van der Waals surface area contributed by atoms with E-state index in [9.17, 15) is 14.4 Å². The summed E-state index contributed by atoms with van der Waals surface area (Å²) in [5, 5.41) is 0.645. The number of fused-ring (bicyclic) bond motifs is 3.